The normalized spacial score (nSPS) is 13.2. The number of nitrogens with zero attached hydrogens (tertiary/aromatic N) is 3. The summed E-state index contributed by atoms with van der Waals surface area (Å²) in [7, 11) is 3.54. The van der Waals surface area contributed by atoms with Crippen LogP contribution in [0.2, 0.25) is 5.02 Å². The lowest BCUT2D eigenvalue weighted by Crippen LogP contribution is -2.24. The van der Waals surface area contributed by atoms with Gasteiger partial charge >= 0.3 is 0 Å². The van der Waals surface area contributed by atoms with Crippen molar-refractivity contribution in [1.29, 1.82) is 0 Å². The first kappa shape index (κ1) is 17.7. The van der Waals surface area contributed by atoms with Gasteiger partial charge in [-0.1, -0.05) is 23.7 Å². The van der Waals surface area contributed by atoms with Crippen LogP contribution in [0.15, 0.2) is 24.3 Å². The summed E-state index contributed by atoms with van der Waals surface area (Å²) in [6.45, 7) is 0.565. The molecular weight excluding hydrogens is 336 g/mol. The Labute approximate surface area is 153 Å². The minimum Gasteiger partial charge on any atom is -0.369 e. The van der Waals surface area contributed by atoms with Crippen LogP contribution in [0.4, 0.5) is 5.82 Å². The van der Waals surface area contributed by atoms with Crippen LogP contribution in [0.5, 0.6) is 0 Å². The van der Waals surface area contributed by atoms with E-state index in [1.165, 1.54) is 5.56 Å². The average molecular weight is 359 g/mol. The molecule has 25 heavy (non-hydrogen) atoms. The maximum atomic E-state index is 11.8. The zero-order chi connectivity index (χ0) is 17.8. The first-order chi connectivity index (χ1) is 12.0. The third kappa shape index (κ3) is 4.28. The molecule has 1 aromatic heterocycles. The number of anilines is 1. The summed E-state index contributed by atoms with van der Waals surface area (Å²) in [6.07, 6.45) is 4.69. The molecule has 0 saturated heterocycles. The molecule has 132 valence electrons. The molecule has 0 unspecified atom stereocenters. The Hall–Kier alpha value is -2.14. The van der Waals surface area contributed by atoms with Crippen molar-refractivity contribution in [1.82, 2.24) is 14.9 Å². The predicted octanol–water partition coefficient (Wildman–Crippen LogP) is 3.57. The Kier molecular flexibility index (Phi) is 5.53. The van der Waals surface area contributed by atoms with E-state index >= 15 is 0 Å². The van der Waals surface area contributed by atoms with Gasteiger partial charge in [0.05, 0.1) is 0 Å². The predicted molar refractivity (Wildman–Crippen MR) is 101 cm³/mol. The fourth-order valence-electron chi connectivity index (χ4n) is 3.01. The number of rotatable bonds is 5. The summed E-state index contributed by atoms with van der Waals surface area (Å²) < 4.78 is 0. The van der Waals surface area contributed by atoms with Gasteiger partial charge in [-0.05, 0) is 37.8 Å². The third-order valence-electron chi connectivity index (χ3n) is 4.40. The van der Waals surface area contributed by atoms with E-state index in [2.05, 4.69) is 5.32 Å². The van der Waals surface area contributed by atoms with E-state index in [0.717, 1.165) is 42.8 Å². The minimum absolute atomic E-state index is 0.102. The van der Waals surface area contributed by atoms with Gasteiger partial charge in [0.15, 0.2) is 5.82 Å². The van der Waals surface area contributed by atoms with E-state index in [4.69, 9.17) is 21.6 Å². The monoisotopic (exact) mass is 358 g/mol. The van der Waals surface area contributed by atoms with Gasteiger partial charge in [0.1, 0.15) is 5.82 Å². The minimum atomic E-state index is 0.102. The number of hydrogen-bond donors (Lipinski definition) is 1. The van der Waals surface area contributed by atoms with Crippen molar-refractivity contribution < 1.29 is 4.79 Å². The van der Waals surface area contributed by atoms with E-state index < -0.39 is 0 Å². The lowest BCUT2D eigenvalue weighted by Gasteiger charge is -2.20. The number of carbonyl (C=O) groups excluding carboxylic acids is 1. The van der Waals surface area contributed by atoms with E-state index in [1.54, 1.807) is 19.0 Å². The number of carbonyl (C=O) groups is 1. The Morgan fingerprint density at radius 1 is 1.24 bits per heavy atom. The number of aryl methyl sites for hydroxylation is 1. The molecule has 5 nitrogen and oxygen atoms in total. The van der Waals surface area contributed by atoms with Gasteiger partial charge in [0, 0.05) is 48.9 Å². The lowest BCUT2D eigenvalue weighted by molar-refractivity contribution is -0.128. The zero-order valence-electron chi connectivity index (χ0n) is 14.7. The van der Waals surface area contributed by atoms with Gasteiger partial charge in [-0.25, -0.2) is 9.97 Å². The van der Waals surface area contributed by atoms with Crippen molar-refractivity contribution in [2.75, 3.05) is 26.0 Å². The number of aromatic nitrogens is 2. The number of nitrogens with one attached hydrogen (secondary N) is 1. The fraction of sp³-hybridized carbons (Fsp3) is 0.421. The van der Waals surface area contributed by atoms with Gasteiger partial charge < -0.3 is 10.2 Å². The third-order valence-corrected chi connectivity index (χ3v) is 4.63. The maximum Gasteiger partial charge on any atom is 0.223 e. The Bertz CT molecular complexity index is 776. The number of halogens is 1. The molecular formula is C19H23ClN4O. The summed E-state index contributed by atoms with van der Waals surface area (Å²) in [5.74, 6) is 1.64. The van der Waals surface area contributed by atoms with Gasteiger partial charge in [0.2, 0.25) is 5.91 Å². The average Bonchev–Trinajstić information content (AvgIpc) is 2.61. The highest BCUT2D eigenvalue weighted by Crippen LogP contribution is 2.29. The van der Waals surface area contributed by atoms with Crippen LogP contribution >= 0.6 is 11.6 Å². The van der Waals surface area contributed by atoms with Crippen LogP contribution in [-0.2, 0) is 17.6 Å². The molecule has 0 bridgehead atoms. The first-order valence-electron chi connectivity index (χ1n) is 8.64. The Balaban J connectivity index is 1.87. The second kappa shape index (κ2) is 7.83. The van der Waals surface area contributed by atoms with Crippen LogP contribution in [0, 0.1) is 0 Å². The molecule has 1 N–H and O–H groups in total. The highest BCUT2D eigenvalue weighted by atomic mass is 35.5. The van der Waals surface area contributed by atoms with E-state index in [1.807, 2.05) is 24.3 Å². The molecule has 0 radical (unpaired) electrons. The van der Waals surface area contributed by atoms with Crippen LogP contribution < -0.4 is 5.32 Å². The van der Waals surface area contributed by atoms with Gasteiger partial charge in [-0.3, -0.25) is 4.79 Å². The van der Waals surface area contributed by atoms with Gasteiger partial charge in [0.25, 0.3) is 0 Å². The smallest absolute Gasteiger partial charge is 0.223 e. The molecule has 2 aromatic rings. The molecule has 0 saturated carbocycles. The van der Waals surface area contributed by atoms with Crippen molar-refractivity contribution >= 4 is 23.3 Å². The Morgan fingerprint density at radius 2 is 2.04 bits per heavy atom. The quantitative estimate of drug-likeness (QED) is 0.887. The van der Waals surface area contributed by atoms with Crippen molar-refractivity contribution in [3.8, 4) is 11.4 Å². The van der Waals surface area contributed by atoms with Crippen LogP contribution in [0.3, 0.4) is 0 Å². The van der Waals surface area contributed by atoms with Crippen LogP contribution in [-0.4, -0.2) is 41.4 Å². The SMILES string of the molecule is CN(C)C(=O)CCNc1nc(-c2cccc(Cl)c2)nc2c1CCCC2. The van der Waals surface area contributed by atoms with Crippen LogP contribution in [0.1, 0.15) is 30.5 Å². The summed E-state index contributed by atoms with van der Waals surface area (Å²) >= 11 is 6.11. The molecule has 1 aromatic carbocycles. The van der Waals surface area contributed by atoms with Crippen molar-refractivity contribution in [2.45, 2.75) is 32.1 Å². The largest absolute Gasteiger partial charge is 0.369 e. The highest BCUT2D eigenvalue weighted by molar-refractivity contribution is 6.30. The Morgan fingerprint density at radius 3 is 2.80 bits per heavy atom. The lowest BCUT2D eigenvalue weighted by atomic mass is 9.96. The molecule has 6 heteroatoms. The highest BCUT2D eigenvalue weighted by Gasteiger charge is 2.18. The first-order valence-corrected chi connectivity index (χ1v) is 9.02. The second-order valence-corrected chi connectivity index (χ2v) is 6.94. The maximum absolute atomic E-state index is 11.8. The summed E-state index contributed by atoms with van der Waals surface area (Å²) in [5, 5.41) is 4.02. The molecule has 0 spiro atoms. The number of benzene rings is 1. The number of fused-ring (bicyclic) bond motifs is 1. The number of amides is 1. The van der Waals surface area contributed by atoms with Crippen molar-refractivity contribution in [3.63, 3.8) is 0 Å². The van der Waals surface area contributed by atoms with Crippen molar-refractivity contribution in [2.24, 2.45) is 0 Å². The van der Waals surface area contributed by atoms with Gasteiger partial charge in [-0.2, -0.15) is 0 Å². The molecule has 3 rings (SSSR count). The molecule has 1 aliphatic rings. The zero-order valence-corrected chi connectivity index (χ0v) is 15.4. The fourth-order valence-corrected chi connectivity index (χ4v) is 3.20. The molecule has 1 aliphatic carbocycles. The van der Waals surface area contributed by atoms with Gasteiger partial charge in [-0.15, -0.1) is 0 Å². The summed E-state index contributed by atoms with van der Waals surface area (Å²) in [5.41, 5.74) is 3.21. The molecule has 0 fully saturated rings. The topological polar surface area (TPSA) is 58.1 Å². The van der Waals surface area contributed by atoms with Crippen molar-refractivity contribution in [3.05, 3.63) is 40.5 Å². The second-order valence-electron chi connectivity index (χ2n) is 6.50. The van der Waals surface area contributed by atoms with E-state index in [0.29, 0.717) is 23.8 Å². The molecule has 1 amide bonds. The van der Waals surface area contributed by atoms with Crippen LogP contribution in [0.25, 0.3) is 11.4 Å². The molecule has 0 atom stereocenters. The summed E-state index contributed by atoms with van der Waals surface area (Å²) in [6, 6.07) is 7.60. The number of hydrogen-bond acceptors (Lipinski definition) is 4. The molecule has 1 heterocycles. The van der Waals surface area contributed by atoms with E-state index in [-0.39, 0.29) is 5.91 Å². The standard InChI is InChI=1S/C19H23ClN4O/c1-24(2)17(25)10-11-21-19-15-8-3-4-9-16(15)22-18(23-19)13-6-5-7-14(20)12-13/h5-7,12H,3-4,8-11H2,1-2H3,(H,21,22,23). The summed E-state index contributed by atoms with van der Waals surface area (Å²) in [4.78, 5) is 22.9. The van der Waals surface area contributed by atoms with E-state index in [9.17, 15) is 4.79 Å². The molecule has 0 aliphatic heterocycles.